The van der Waals surface area contributed by atoms with Gasteiger partial charge in [0.25, 0.3) is 5.91 Å². The SMILES string of the molecule is Cc1cc(C)nc(C(=O)NC2CCCC2CN)c1. The van der Waals surface area contributed by atoms with Gasteiger partial charge in [-0.1, -0.05) is 6.42 Å². The van der Waals surface area contributed by atoms with E-state index in [0.29, 0.717) is 18.2 Å². The van der Waals surface area contributed by atoms with Gasteiger partial charge in [-0.2, -0.15) is 0 Å². The van der Waals surface area contributed by atoms with Crippen LogP contribution in [0.1, 0.15) is 41.0 Å². The van der Waals surface area contributed by atoms with E-state index in [2.05, 4.69) is 10.3 Å². The maximum atomic E-state index is 12.2. The molecule has 1 aromatic rings. The lowest BCUT2D eigenvalue weighted by atomic mass is 10.0. The van der Waals surface area contributed by atoms with E-state index >= 15 is 0 Å². The maximum Gasteiger partial charge on any atom is 0.270 e. The Bertz CT molecular complexity index is 424. The van der Waals surface area contributed by atoms with Gasteiger partial charge >= 0.3 is 0 Å². The van der Waals surface area contributed by atoms with Crippen molar-refractivity contribution in [3.8, 4) is 0 Å². The summed E-state index contributed by atoms with van der Waals surface area (Å²) < 4.78 is 0. The van der Waals surface area contributed by atoms with E-state index in [0.717, 1.165) is 30.5 Å². The number of aromatic nitrogens is 1. The average Bonchev–Trinajstić information content (AvgIpc) is 2.75. The molecule has 0 aliphatic heterocycles. The van der Waals surface area contributed by atoms with E-state index in [-0.39, 0.29) is 11.9 Å². The second kappa shape index (κ2) is 5.48. The number of nitrogens with two attached hydrogens (primary N) is 1. The van der Waals surface area contributed by atoms with Gasteiger partial charge in [-0.25, -0.2) is 4.98 Å². The molecule has 2 atom stereocenters. The fraction of sp³-hybridized carbons (Fsp3) is 0.571. The van der Waals surface area contributed by atoms with E-state index < -0.39 is 0 Å². The quantitative estimate of drug-likeness (QED) is 0.851. The first kappa shape index (κ1) is 13.0. The average molecular weight is 247 g/mol. The van der Waals surface area contributed by atoms with E-state index in [4.69, 9.17) is 5.73 Å². The first-order valence-corrected chi connectivity index (χ1v) is 6.56. The van der Waals surface area contributed by atoms with E-state index in [9.17, 15) is 4.79 Å². The van der Waals surface area contributed by atoms with Crippen LogP contribution in [-0.4, -0.2) is 23.5 Å². The minimum Gasteiger partial charge on any atom is -0.348 e. The topological polar surface area (TPSA) is 68.0 Å². The number of carbonyl (C=O) groups is 1. The fourth-order valence-electron chi connectivity index (χ4n) is 2.71. The predicted molar refractivity (Wildman–Crippen MR) is 71.4 cm³/mol. The molecule has 4 nitrogen and oxygen atoms in total. The van der Waals surface area contributed by atoms with Gasteiger partial charge < -0.3 is 11.1 Å². The Morgan fingerprint density at radius 3 is 2.89 bits per heavy atom. The molecule has 1 aliphatic carbocycles. The van der Waals surface area contributed by atoms with Gasteiger partial charge in [0.05, 0.1) is 0 Å². The number of nitrogens with one attached hydrogen (secondary N) is 1. The molecule has 0 bridgehead atoms. The smallest absolute Gasteiger partial charge is 0.270 e. The summed E-state index contributed by atoms with van der Waals surface area (Å²) in [4.78, 5) is 16.4. The van der Waals surface area contributed by atoms with Gasteiger partial charge in [0.1, 0.15) is 5.69 Å². The molecule has 1 aliphatic rings. The monoisotopic (exact) mass is 247 g/mol. The second-order valence-corrected chi connectivity index (χ2v) is 5.18. The van der Waals surface area contributed by atoms with Crippen molar-refractivity contribution in [2.45, 2.75) is 39.2 Å². The van der Waals surface area contributed by atoms with Crippen LogP contribution in [0.25, 0.3) is 0 Å². The highest BCUT2D eigenvalue weighted by molar-refractivity contribution is 5.92. The molecule has 3 N–H and O–H groups in total. The molecule has 1 fully saturated rings. The van der Waals surface area contributed by atoms with E-state index in [1.54, 1.807) is 0 Å². The second-order valence-electron chi connectivity index (χ2n) is 5.18. The first-order chi connectivity index (χ1) is 8.60. The van der Waals surface area contributed by atoms with Gasteiger partial charge in [0.15, 0.2) is 0 Å². The predicted octanol–water partition coefficient (Wildman–Crippen LogP) is 1.56. The standard InChI is InChI=1S/C14H21N3O/c1-9-6-10(2)16-13(7-9)14(18)17-12-5-3-4-11(12)8-15/h6-7,11-12H,3-5,8,15H2,1-2H3,(H,17,18). The Balaban J connectivity index is 2.07. The van der Waals surface area contributed by atoms with Crippen molar-refractivity contribution in [3.63, 3.8) is 0 Å². The third-order valence-electron chi connectivity index (χ3n) is 3.61. The molecule has 2 unspecified atom stereocenters. The van der Waals surface area contributed by atoms with Crippen molar-refractivity contribution < 1.29 is 4.79 Å². The van der Waals surface area contributed by atoms with Gasteiger partial charge in [-0.05, 0) is 56.8 Å². The number of rotatable bonds is 3. The molecule has 2 rings (SSSR count). The molecule has 18 heavy (non-hydrogen) atoms. The van der Waals surface area contributed by atoms with Crippen molar-refractivity contribution >= 4 is 5.91 Å². The molecular formula is C14H21N3O. The Morgan fingerprint density at radius 2 is 2.22 bits per heavy atom. The largest absolute Gasteiger partial charge is 0.348 e. The Kier molecular flexibility index (Phi) is 3.97. The van der Waals surface area contributed by atoms with Crippen LogP contribution < -0.4 is 11.1 Å². The summed E-state index contributed by atoms with van der Waals surface area (Å²) >= 11 is 0. The molecule has 0 aromatic carbocycles. The van der Waals surface area contributed by atoms with Crippen molar-refractivity contribution in [1.82, 2.24) is 10.3 Å². The van der Waals surface area contributed by atoms with Gasteiger partial charge in [0, 0.05) is 11.7 Å². The fourth-order valence-corrected chi connectivity index (χ4v) is 2.71. The zero-order valence-electron chi connectivity index (χ0n) is 11.1. The third kappa shape index (κ3) is 2.88. The molecule has 98 valence electrons. The van der Waals surface area contributed by atoms with Crippen LogP contribution in [0.4, 0.5) is 0 Å². The summed E-state index contributed by atoms with van der Waals surface area (Å²) in [6.07, 6.45) is 3.28. The Hall–Kier alpha value is -1.42. The van der Waals surface area contributed by atoms with Crippen LogP contribution >= 0.6 is 0 Å². The highest BCUT2D eigenvalue weighted by Gasteiger charge is 2.27. The van der Waals surface area contributed by atoms with Crippen LogP contribution in [0, 0.1) is 19.8 Å². The minimum absolute atomic E-state index is 0.0767. The summed E-state index contributed by atoms with van der Waals surface area (Å²) in [6.45, 7) is 4.52. The van der Waals surface area contributed by atoms with Crippen LogP contribution in [0.5, 0.6) is 0 Å². The molecule has 1 aromatic heterocycles. The summed E-state index contributed by atoms with van der Waals surface area (Å²) in [6, 6.07) is 4.01. The molecule has 1 saturated carbocycles. The van der Waals surface area contributed by atoms with Crippen LogP contribution in [0.15, 0.2) is 12.1 Å². The minimum atomic E-state index is -0.0767. The first-order valence-electron chi connectivity index (χ1n) is 6.56. The Labute approximate surface area is 108 Å². The number of hydrogen-bond donors (Lipinski definition) is 2. The lowest BCUT2D eigenvalue weighted by Gasteiger charge is -2.19. The summed E-state index contributed by atoms with van der Waals surface area (Å²) in [5.74, 6) is 0.340. The van der Waals surface area contributed by atoms with Crippen LogP contribution in [0.3, 0.4) is 0 Å². The molecule has 1 amide bonds. The molecular weight excluding hydrogens is 226 g/mol. The molecule has 0 radical (unpaired) electrons. The number of nitrogens with zero attached hydrogens (tertiary/aromatic N) is 1. The summed E-state index contributed by atoms with van der Waals surface area (Å²) in [5, 5.41) is 3.07. The number of amides is 1. The molecule has 0 spiro atoms. The summed E-state index contributed by atoms with van der Waals surface area (Å²) in [5.41, 5.74) is 8.17. The normalized spacial score (nSPS) is 23.1. The van der Waals surface area contributed by atoms with Crippen LogP contribution in [-0.2, 0) is 0 Å². The van der Waals surface area contributed by atoms with Crippen molar-refractivity contribution in [3.05, 3.63) is 29.1 Å². The van der Waals surface area contributed by atoms with Gasteiger partial charge in [-0.15, -0.1) is 0 Å². The number of carbonyl (C=O) groups excluding carboxylic acids is 1. The van der Waals surface area contributed by atoms with Crippen molar-refractivity contribution in [2.24, 2.45) is 11.7 Å². The van der Waals surface area contributed by atoms with Crippen molar-refractivity contribution in [1.29, 1.82) is 0 Å². The number of hydrogen-bond acceptors (Lipinski definition) is 3. The molecule has 4 heteroatoms. The number of pyridine rings is 1. The lowest BCUT2D eigenvalue weighted by molar-refractivity contribution is 0.0923. The lowest BCUT2D eigenvalue weighted by Crippen LogP contribution is -2.40. The zero-order chi connectivity index (χ0) is 13.1. The van der Waals surface area contributed by atoms with E-state index in [1.165, 1.54) is 0 Å². The highest BCUT2D eigenvalue weighted by Crippen LogP contribution is 2.24. The van der Waals surface area contributed by atoms with Crippen molar-refractivity contribution in [2.75, 3.05) is 6.54 Å². The Morgan fingerprint density at radius 1 is 1.44 bits per heavy atom. The van der Waals surface area contributed by atoms with Crippen LogP contribution in [0.2, 0.25) is 0 Å². The molecule has 1 heterocycles. The number of aryl methyl sites for hydroxylation is 2. The third-order valence-corrected chi connectivity index (χ3v) is 3.61. The summed E-state index contributed by atoms with van der Waals surface area (Å²) in [7, 11) is 0. The van der Waals surface area contributed by atoms with Gasteiger partial charge in [-0.3, -0.25) is 4.79 Å². The van der Waals surface area contributed by atoms with Gasteiger partial charge in [0.2, 0.25) is 0 Å². The maximum absolute atomic E-state index is 12.2. The van der Waals surface area contributed by atoms with E-state index in [1.807, 2.05) is 26.0 Å². The zero-order valence-corrected chi connectivity index (χ0v) is 11.1. The highest BCUT2D eigenvalue weighted by atomic mass is 16.1. The molecule has 0 saturated heterocycles.